The molecule has 1 aromatic rings. The molecule has 0 saturated carbocycles. The molecule has 0 aromatic heterocycles. The predicted molar refractivity (Wildman–Crippen MR) is 136 cm³/mol. The fourth-order valence-corrected chi connectivity index (χ4v) is 3.31. The van der Waals surface area contributed by atoms with Crippen LogP contribution in [0.4, 0.5) is 0 Å². The van der Waals surface area contributed by atoms with Gasteiger partial charge in [0.15, 0.2) is 5.96 Å². The summed E-state index contributed by atoms with van der Waals surface area (Å²) < 4.78 is 0. The average Bonchev–Trinajstić information content (AvgIpc) is 2.84. The third kappa shape index (κ3) is 12.9. The first-order valence-corrected chi connectivity index (χ1v) is 11.7. The number of amides is 3. The summed E-state index contributed by atoms with van der Waals surface area (Å²) in [5.74, 6) is -7.44. The molecule has 16 heteroatoms. The second-order valence-electron chi connectivity index (χ2n) is 8.46. The number of carboxylic acids is 3. The highest BCUT2D eigenvalue weighted by molar-refractivity contribution is 5.96. The Bertz CT molecular complexity index is 1060. The Morgan fingerprint density at radius 3 is 1.85 bits per heavy atom. The minimum Gasteiger partial charge on any atom is -0.481 e. The Hall–Kier alpha value is -4.73. The summed E-state index contributed by atoms with van der Waals surface area (Å²) in [6.45, 7) is 0.0855. The average molecular weight is 552 g/mol. The van der Waals surface area contributed by atoms with Crippen LogP contribution in [0.3, 0.4) is 0 Å². The topological polar surface area (TPSA) is 290 Å². The van der Waals surface area contributed by atoms with Gasteiger partial charge in [0.2, 0.25) is 17.7 Å². The fraction of sp³-hybridized carbons (Fsp3) is 0.435. The van der Waals surface area contributed by atoms with Crippen LogP contribution in [0.15, 0.2) is 35.3 Å². The molecule has 1 rings (SSSR count). The third-order valence-electron chi connectivity index (χ3n) is 5.22. The molecule has 0 spiro atoms. The first-order chi connectivity index (χ1) is 18.3. The molecule has 1 aromatic carbocycles. The molecule has 3 amide bonds. The van der Waals surface area contributed by atoms with Crippen LogP contribution in [0.2, 0.25) is 0 Å². The molecule has 4 unspecified atom stereocenters. The van der Waals surface area contributed by atoms with E-state index in [9.17, 15) is 39.0 Å². The first kappa shape index (κ1) is 32.3. The van der Waals surface area contributed by atoms with Gasteiger partial charge in [0.05, 0.1) is 18.9 Å². The van der Waals surface area contributed by atoms with Crippen LogP contribution >= 0.6 is 0 Å². The Morgan fingerprint density at radius 2 is 1.31 bits per heavy atom. The number of aliphatic imine (C=N–C) groups is 1. The van der Waals surface area contributed by atoms with Crippen LogP contribution in [-0.2, 0) is 35.2 Å². The molecule has 0 fully saturated rings. The lowest BCUT2D eigenvalue weighted by Crippen LogP contribution is -2.58. The summed E-state index contributed by atoms with van der Waals surface area (Å²) in [4.78, 5) is 75.9. The van der Waals surface area contributed by atoms with E-state index in [-0.39, 0.29) is 31.8 Å². The lowest BCUT2D eigenvalue weighted by Gasteiger charge is -2.24. The van der Waals surface area contributed by atoms with E-state index >= 15 is 0 Å². The van der Waals surface area contributed by atoms with E-state index in [2.05, 4.69) is 20.9 Å². The highest BCUT2D eigenvalue weighted by Crippen LogP contribution is 2.07. The van der Waals surface area contributed by atoms with Gasteiger partial charge in [-0.25, -0.2) is 4.79 Å². The van der Waals surface area contributed by atoms with Crippen LogP contribution in [0.1, 0.15) is 31.2 Å². The molecule has 0 radical (unpaired) electrons. The van der Waals surface area contributed by atoms with E-state index in [0.717, 1.165) is 0 Å². The van der Waals surface area contributed by atoms with Crippen LogP contribution in [0, 0.1) is 0 Å². The lowest BCUT2D eigenvalue weighted by molar-refractivity contribution is -0.143. The summed E-state index contributed by atoms with van der Waals surface area (Å²) in [6, 6.07) is 2.33. The normalized spacial score (nSPS) is 13.6. The van der Waals surface area contributed by atoms with Gasteiger partial charge in [0.1, 0.15) is 18.1 Å². The van der Waals surface area contributed by atoms with E-state index in [1.54, 1.807) is 30.3 Å². The maximum Gasteiger partial charge on any atom is 0.326 e. The maximum atomic E-state index is 13.1. The maximum absolute atomic E-state index is 13.1. The van der Waals surface area contributed by atoms with Gasteiger partial charge in [-0.1, -0.05) is 30.3 Å². The SMILES string of the molecule is NC(N)=NCCCC(NC(=O)C(CC(=O)O)NC(=O)C(Cc1ccccc1)NC(=O)C(N)CC(=O)O)C(=O)O. The molecule has 12 N–H and O–H groups in total. The van der Waals surface area contributed by atoms with Crippen LogP contribution in [0.5, 0.6) is 0 Å². The molecule has 0 aliphatic heterocycles. The van der Waals surface area contributed by atoms with Crippen LogP contribution in [0.25, 0.3) is 0 Å². The van der Waals surface area contributed by atoms with Gasteiger partial charge in [-0.05, 0) is 18.4 Å². The van der Waals surface area contributed by atoms with E-state index in [0.29, 0.717) is 5.56 Å². The van der Waals surface area contributed by atoms with Crippen molar-refractivity contribution < 1.29 is 44.1 Å². The molecule has 16 nitrogen and oxygen atoms in total. The second kappa shape index (κ2) is 16.2. The second-order valence-corrected chi connectivity index (χ2v) is 8.46. The number of carbonyl (C=O) groups is 6. The zero-order chi connectivity index (χ0) is 29.5. The van der Waals surface area contributed by atoms with Crippen molar-refractivity contribution in [2.45, 2.75) is 56.3 Å². The van der Waals surface area contributed by atoms with E-state index in [1.807, 2.05) is 0 Å². The zero-order valence-electron chi connectivity index (χ0n) is 20.9. The Morgan fingerprint density at radius 1 is 0.769 bits per heavy atom. The van der Waals surface area contributed by atoms with Gasteiger partial charge in [-0.15, -0.1) is 0 Å². The molecule has 214 valence electrons. The molecule has 4 atom stereocenters. The number of rotatable bonds is 17. The molecule has 0 saturated heterocycles. The highest BCUT2D eigenvalue weighted by Gasteiger charge is 2.32. The molecule has 0 aliphatic carbocycles. The van der Waals surface area contributed by atoms with Crippen molar-refractivity contribution in [3.63, 3.8) is 0 Å². The lowest BCUT2D eigenvalue weighted by atomic mass is 10.0. The number of nitrogens with two attached hydrogens (primary N) is 3. The number of carboxylic acid groups (broad SMARTS) is 3. The molecule has 39 heavy (non-hydrogen) atoms. The van der Waals surface area contributed by atoms with Crippen molar-refractivity contribution >= 4 is 41.6 Å². The van der Waals surface area contributed by atoms with Crippen molar-refractivity contribution in [2.75, 3.05) is 6.54 Å². The van der Waals surface area contributed by atoms with Crippen molar-refractivity contribution in [3.8, 4) is 0 Å². The van der Waals surface area contributed by atoms with Crippen molar-refractivity contribution in [3.05, 3.63) is 35.9 Å². The quantitative estimate of drug-likeness (QED) is 0.0535. The summed E-state index contributed by atoms with van der Waals surface area (Å²) in [7, 11) is 0. The van der Waals surface area contributed by atoms with Gasteiger partial charge in [-0.3, -0.25) is 29.0 Å². The van der Waals surface area contributed by atoms with Gasteiger partial charge in [0, 0.05) is 13.0 Å². The van der Waals surface area contributed by atoms with Crippen molar-refractivity contribution in [1.29, 1.82) is 0 Å². The first-order valence-electron chi connectivity index (χ1n) is 11.7. The fourth-order valence-electron chi connectivity index (χ4n) is 3.31. The molecular weight excluding hydrogens is 518 g/mol. The van der Waals surface area contributed by atoms with Gasteiger partial charge >= 0.3 is 17.9 Å². The van der Waals surface area contributed by atoms with Crippen LogP contribution in [-0.4, -0.2) is 87.6 Å². The largest absolute Gasteiger partial charge is 0.481 e. The molecule has 0 aliphatic rings. The highest BCUT2D eigenvalue weighted by atomic mass is 16.4. The monoisotopic (exact) mass is 551 g/mol. The summed E-state index contributed by atoms with van der Waals surface area (Å²) in [6.07, 6.45) is -1.65. The van der Waals surface area contributed by atoms with E-state index < -0.39 is 72.6 Å². The Kier molecular flexibility index (Phi) is 13.4. The van der Waals surface area contributed by atoms with Gasteiger partial charge in [0.25, 0.3) is 0 Å². The number of nitrogens with zero attached hydrogens (tertiary/aromatic N) is 1. The minimum atomic E-state index is -1.71. The number of hydrogen-bond donors (Lipinski definition) is 9. The number of nitrogens with one attached hydrogen (secondary N) is 3. The Labute approximate surface area is 223 Å². The van der Waals surface area contributed by atoms with Crippen molar-refractivity contribution in [1.82, 2.24) is 16.0 Å². The van der Waals surface area contributed by atoms with E-state index in [4.69, 9.17) is 22.3 Å². The van der Waals surface area contributed by atoms with Crippen molar-refractivity contribution in [2.24, 2.45) is 22.2 Å². The predicted octanol–water partition coefficient (Wildman–Crippen LogP) is -2.90. The molecule has 0 bridgehead atoms. The van der Waals surface area contributed by atoms with Gasteiger partial charge in [-0.2, -0.15) is 0 Å². The molecule has 0 heterocycles. The number of hydrogen-bond acceptors (Lipinski definition) is 8. The smallest absolute Gasteiger partial charge is 0.326 e. The summed E-state index contributed by atoms with van der Waals surface area (Å²) >= 11 is 0. The zero-order valence-corrected chi connectivity index (χ0v) is 20.9. The van der Waals surface area contributed by atoms with Crippen LogP contribution < -0.4 is 33.2 Å². The number of carbonyl (C=O) groups excluding carboxylic acids is 3. The van der Waals surface area contributed by atoms with Gasteiger partial charge < -0.3 is 48.5 Å². The number of aliphatic carboxylic acids is 3. The number of benzene rings is 1. The standard InChI is InChI=1S/C23H33N7O9/c24-13(10-17(31)32)19(35)29-15(9-12-5-2-1-3-6-12)20(36)30-16(11-18(33)34)21(37)28-14(22(38)39)7-4-8-27-23(25)26/h1-3,5-6,13-16H,4,7-11,24H2,(H,28,37)(H,29,35)(H,30,36)(H,31,32)(H,33,34)(H,38,39)(H4,25,26,27). The summed E-state index contributed by atoms with van der Waals surface area (Å²) in [5.41, 5.74) is 16.6. The van der Waals surface area contributed by atoms with E-state index in [1.165, 1.54) is 0 Å². The Balaban J connectivity index is 3.07. The number of guanidine groups is 1. The molecular formula is C23H33N7O9. The minimum absolute atomic E-state index is 0.0855. The summed E-state index contributed by atoms with van der Waals surface area (Å²) in [5, 5.41) is 34.3. The third-order valence-corrected chi connectivity index (χ3v) is 5.22.